The number of likely N-dealkylation sites (N-methyl/N-ethyl adjacent to an activating group) is 1. The smallest absolute Gasteiger partial charge is 0.257 e. The van der Waals surface area contributed by atoms with Crippen LogP contribution in [-0.2, 0) is 4.79 Å². The summed E-state index contributed by atoms with van der Waals surface area (Å²) < 4.78 is 11.5. The van der Waals surface area contributed by atoms with Gasteiger partial charge in [-0.1, -0.05) is 114 Å². The van der Waals surface area contributed by atoms with Crippen LogP contribution in [0.3, 0.4) is 0 Å². The zero-order chi connectivity index (χ0) is 28.0. The first-order valence-electron chi connectivity index (χ1n) is 15.6. The number of allylic oxidation sites excluding steroid dienone is 2. The number of hydrogen-bond acceptors (Lipinski definition) is 4. The van der Waals surface area contributed by atoms with Crippen LogP contribution in [0, 0.1) is 0 Å². The van der Waals surface area contributed by atoms with Crippen molar-refractivity contribution < 1.29 is 14.3 Å². The van der Waals surface area contributed by atoms with Crippen LogP contribution < -0.4 is 14.8 Å². The third-order valence-electron chi connectivity index (χ3n) is 7.30. The molecule has 1 aromatic rings. The molecule has 220 valence electrons. The standard InChI is InChI=1S/C33H53ClN2O3/c1-3-5-6-7-8-9-10-11-12-13-14-15-16-19-26-38-30-21-22-32(31(34)27-30)39-28-33(37)35-24-23-29-20-17-18-25-36(29)4-2/h17-18,20-22,25,27,29H,3-16,19,23-24,26,28H2,1-2H3,(H,35,37). The van der Waals surface area contributed by atoms with Gasteiger partial charge in [-0.3, -0.25) is 4.79 Å². The van der Waals surface area contributed by atoms with Crippen molar-refractivity contribution in [1.82, 2.24) is 10.2 Å². The summed E-state index contributed by atoms with van der Waals surface area (Å²) in [5.41, 5.74) is 0. The number of carbonyl (C=O) groups excluding carboxylic acids is 1. The van der Waals surface area contributed by atoms with Gasteiger partial charge in [-0.05, 0) is 44.2 Å². The Balaban J connectivity index is 1.46. The molecule has 0 aliphatic carbocycles. The number of halogens is 1. The molecule has 0 fully saturated rings. The number of nitrogens with zero attached hydrogens (tertiary/aromatic N) is 1. The van der Waals surface area contributed by atoms with Gasteiger partial charge in [-0.2, -0.15) is 0 Å². The van der Waals surface area contributed by atoms with Crippen molar-refractivity contribution in [2.24, 2.45) is 0 Å². The Morgan fingerprint density at radius 3 is 2.13 bits per heavy atom. The second kappa shape index (κ2) is 21.7. The third-order valence-corrected chi connectivity index (χ3v) is 7.60. The topological polar surface area (TPSA) is 50.8 Å². The summed E-state index contributed by atoms with van der Waals surface area (Å²) in [4.78, 5) is 14.5. The second-order valence-electron chi connectivity index (χ2n) is 10.6. The lowest BCUT2D eigenvalue weighted by molar-refractivity contribution is -0.123. The molecular formula is C33H53ClN2O3. The van der Waals surface area contributed by atoms with E-state index in [4.69, 9.17) is 21.1 Å². The van der Waals surface area contributed by atoms with E-state index in [-0.39, 0.29) is 12.5 Å². The number of hydrogen-bond donors (Lipinski definition) is 1. The van der Waals surface area contributed by atoms with Crippen molar-refractivity contribution in [3.8, 4) is 11.5 Å². The minimum atomic E-state index is -0.150. The molecule has 1 atom stereocenters. The fourth-order valence-electron chi connectivity index (χ4n) is 4.90. The number of nitrogens with one attached hydrogen (secondary N) is 1. The van der Waals surface area contributed by atoms with Gasteiger partial charge >= 0.3 is 0 Å². The average molecular weight is 561 g/mol. The Morgan fingerprint density at radius 1 is 0.872 bits per heavy atom. The molecule has 1 aliphatic heterocycles. The predicted molar refractivity (Wildman–Crippen MR) is 165 cm³/mol. The van der Waals surface area contributed by atoms with E-state index in [9.17, 15) is 4.79 Å². The van der Waals surface area contributed by atoms with Crippen LogP contribution in [-0.4, -0.2) is 43.2 Å². The summed E-state index contributed by atoms with van der Waals surface area (Å²) >= 11 is 6.37. The molecule has 0 radical (unpaired) electrons. The van der Waals surface area contributed by atoms with E-state index in [0.717, 1.165) is 25.1 Å². The van der Waals surface area contributed by atoms with E-state index >= 15 is 0 Å². The average Bonchev–Trinajstić information content (AvgIpc) is 2.95. The monoisotopic (exact) mass is 560 g/mol. The Hall–Kier alpha value is -2.14. The zero-order valence-electron chi connectivity index (χ0n) is 24.6. The van der Waals surface area contributed by atoms with Crippen molar-refractivity contribution in [1.29, 1.82) is 0 Å². The van der Waals surface area contributed by atoms with Gasteiger partial charge in [-0.25, -0.2) is 0 Å². The molecule has 0 saturated carbocycles. The number of unbranched alkanes of at least 4 members (excludes halogenated alkanes) is 13. The van der Waals surface area contributed by atoms with Gasteiger partial charge in [0.15, 0.2) is 6.61 Å². The molecule has 1 unspecified atom stereocenters. The summed E-state index contributed by atoms with van der Waals surface area (Å²) in [5.74, 6) is 1.08. The maximum Gasteiger partial charge on any atom is 0.257 e. The lowest BCUT2D eigenvalue weighted by atomic mass is 10.0. The normalized spacial score (nSPS) is 14.5. The number of ether oxygens (including phenoxy) is 2. The van der Waals surface area contributed by atoms with Crippen LogP contribution in [0.5, 0.6) is 11.5 Å². The van der Waals surface area contributed by atoms with Crippen molar-refractivity contribution in [3.63, 3.8) is 0 Å². The van der Waals surface area contributed by atoms with Crippen LogP contribution in [0.2, 0.25) is 5.02 Å². The quantitative estimate of drug-likeness (QED) is 0.136. The van der Waals surface area contributed by atoms with Crippen molar-refractivity contribution >= 4 is 17.5 Å². The summed E-state index contributed by atoms with van der Waals surface area (Å²) in [7, 11) is 0. The molecule has 0 aromatic heterocycles. The van der Waals surface area contributed by atoms with Crippen LogP contribution in [0.4, 0.5) is 0 Å². The highest BCUT2D eigenvalue weighted by atomic mass is 35.5. The highest BCUT2D eigenvalue weighted by molar-refractivity contribution is 6.32. The second-order valence-corrected chi connectivity index (χ2v) is 11.0. The van der Waals surface area contributed by atoms with Gasteiger partial charge in [0.05, 0.1) is 11.6 Å². The molecule has 6 heteroatoms. The molecule has 0 spiro atoms. The molecule has 1 aromatic carbocycles. The Kier molecular flexibility index (Phi) is 18.4. The number of benzene rings is 1. The minimum Gasteiger partial charge on any atom is -0.494 e. The predicted octanol–water partition coefficient (Wildman–Crippen LogP) is 8.86. The SMILES string of the molecule is CCCCCCCCCCCCCCCCOc1ccc(OCC(=O)NCCC2C=CC=CN2CC)c(Cl)c1. The summed E-state index contributed by atoms with van der Waals surface area (Å²) in [6, 6.07) is 5.70. The first-order valence-corrected chi connectivity index (χ1v) is 15.9. The minimum absolute atomic E-state index is 0.0587. The highest BCUT2D eigenvalue weighted by Gasteiger charge is 2.13. The van der Waals surface area contributed by atoms with Gasteiger partial charge in [0.1, 0.15) is 11.5 Å². The van der Waals surface area contributed by atoms with E-state index < -0.39 is 0 Å². The molecular weight excluding hydrogens is 508 g/mol. The highest BCUT2D eigenvalue weighted by Crippen LogP contribution is 2.29. The molecule has 39 heavy (non-hydrogen) atoms. The van der Waals surface area contributed by atoms with E-state index in [0.29, 0.717) is 30.0 Å². The molecule has 2 rings (SSSR count). The van der Waals surface area contributed by atoms with Gasteiger partial charge < -0.3 is 19.7 Å². The maximum absolute atomic E-state index is 12.2. The number of carbonyl (C=O) groups is 1. The zero-order valence-corrected chi connectivity index (χ0v) is 25.4. The summed E-state index contributed by atoms with van der Waals surface area (Å²) in [6.07, 6.45) is 28.0. The molecule has 1 amide bonds. The first-order chi connectivity index (χ1) is 19.1. The summed E-state index contributed by atoms with van der Waals surface area (Å²) in [5, 5.41) is 3.39. The Morgan fingerprint density at radius 2 is 1.51 bits per heavy atom. The fraction of sp³-hybridized carbons (Fsp3) is 0.667. The number of amides is 1. The van der Waals surface area contributed by atoms with Gasteiger partial charge in [0, 0.05) is 25.2 Å². The van der Waals surface area contributed by atoms with Gasteiger partial charge in [-0.15, -0.1) is 0 Å². The van der Waals surface area contributed by atoms with Gasteiger partial charge in [0.2, 0.25) is 0 Å². The molecule has 0 bridgehead atoms. The molecule has 1 heterocycles. The van der Waals surface area contributed by atoms with Crippen LogP contribution >= 0.6 is 11.6 Å². The van der Waals surface area contributed by atoms with Crippen LogP contribution in [0.15, 0.2) is 42.6 Å². The van der Waals surface area contributed by atoms with E-state index in [2.05, 4.69) is 42.4 Å². The number of rotatable bonds is 23. The fourth-order valence-corrected chi connectivity index (χ4v) is 5.13. The van der Waals surface area contributed by atoms with Gasteiger partial charge in [0.25, 0.3) is 5.91 Å². The molecule has 1 aliphatic rings. The van der Waals surface area contributed by atoms with E-state index in [1.807, 2.05) is 12.1 Å². The molecule has 5 nitrogen and oxygen atoms in total. The van der Waals surface area contributed by atoms with E-state index in [1.165, 1.54) is 83.5 Å². The first kappa shape index (κ1) is 33.1. The summed E-state index contributed by atoms with van der Waals surface area (Å²) in [6.45, 7) is 6.58. The van der Waals surface area contributed by atoms with Crippen LogP contribution in [0.25, 0.3) is 0 Å². The van der Waals surface area contributed by atoms with E-state index in [1.54, 1.807) is 12.1 Å². The largest absolute Gasteiger partial charge is 0.494 e. The van der Waals surface area contributed by atoms with Crippen molar-refractivity contribution in [2.75, 3.05) is 26.3 Å². The van der Waals surface area contributed by atoms with Crippen LogP contribution in [0.1, 0.15) is 110 Å². The van der Waals surface area contributed by atoms with Crippen molar-refractivity contribution in [2.45, 2.75) is 116 Å². The molecule has 0 saturated heterocycles. The lowest BCUT2D eigenvalue weighted by Gasteiger charge is -2.29. The molecule has 1 N–H and O–H groups in total. The Bertz CT molecular complexity index is 842. The lowest BCUT2D eigenvalue weighted by Crippen LogP contribution is -2.36. The van der Waals surface area contributed by atoms with Crippen molar-refractivity contribution in [3.05, 3.63) is 47.6 Å². The Labute approximate surface area is 243 Å². The third kappa shape index (κ3) is 15.3. The maximum atomic E-state index is 12.2.